The smallest absolute Gasteiger partial charge is 0.134 e. The van der Waals surface area contributed by atoms with E-state index in [9.17, 15) is 0 Å². The second kappa shape index (κ2) is 6.46. The number of para-hydroxylation sites is 1. The Balaban J connectivity index is 2.02. The van der Waals surface area contributed by atoms with Crippen molar-refractivity contribution < 1.29 is 4.42 Å². The van der Waals surface area contributed by atoms with Gasteiger partial charge in [0.25, 0.3) is 0 Å². The van der Waals surface area contributed by atoms with Crippen molar-refractivity contribution in [1.29, 1.82) is 0 Å². The fourth-order valence-corrected chi connectivity index (χ4v) is 3.73. The van der Waals surface area contributed by atoms with Crippen molar-refractivity contribution in [2.24, 2.45) is 0 Å². The van der Waals surface area contributed by atoms with E-state index in [1.165, 1.54) is 15.8 Å². The Labute approximate surface area is 129 Å². The molecular weight excluding hydrogens is 278 g/mol. The molecule has 1 atom stereocenters. The lowest BCUT2D eigenvalue weighted by atomic mass is 10.1. The average molecular weight is 299 g/mol. The van der Waals surface area contributed by atoms with E-state index in [1.807, 2.05) is 23.5 Å². The standard InChI is InChI=1S/C18H21NOS/c1-3-10-19-17(18-13(4-2)9-11-21-18)16-12-14-7-5-6-8-15(14)20-16/h5-9,11-12,17,19H,3-4,10H2,1-2H3. The molecule has 0 bridgehead atoms. The second-order valence-electron chi connectivity index (χ2n) is 5.24. The third-order valence-corrected chi connectivity index (χ3v) is 4.78. The molecule has 1 N–H and O–H groups in total. The number of thiophene rings is 1. The monoisotopic (exact) mass is 299 g/mol. The third-order valence-electron chi connectivity index (χ3n) is 3.75. The third kappa shape index (κ3) is 2.89. The van der Waals surface area contributed by atoms with E-state index >= 15 is 0 Å². The first-order valence-electron chi connectivity index (χ1n) is 7.61. The highest BCUT2D eigenvalue weighted by Gasteiger charge is 2.21. The topological polar surface area (TPSA) is 25.2 Å². The van der Waals surface area contributed by atoms with Gasteiger partial charge in [-0.3, -0.25) is 0 Å². The Morgan fingerprint density at radius 2 is 2.05 bits per heavy atom. The van der Waals surface area contributed by atoms with E-state index in [4.69, 9.17) is 4.42 Å². The minimum absolute atomic E-state index is 0.160. The zero-order chi connectivity index (χ0) is 14.7. The summed E-state index contributed by atoms with van der Waals surface area (Å²) in [6.07, 6.45) is 2.17. The lowest BCUT2D eigenvalue weighted by Crippen LogP contribution is -2.22. The molecule has 110 valence electrons. The molecule has 3 heteroatoms. The molecule has 21 heavy (non-hydrogen) atoms. The van der Waals surface area contributed by atoms with Gasteiger partial charge < -0.3 is 9.73 Å². The predicted octanol–water partition coefficient (Wildman–Crippen LogP) is 5.15. The van der Waals surface area contributed by atoms with Gasteiger partial charge in [-0.15, -0.1) is 11.3 Å². The average Bonchev–Trinajstić information content (AvgIpc) is 3.14. The summed E-state index contributed by atoms with van der Waals surface area (Å²) in [5.74, 6) is 1.02. The first-order chi connectivity index (χ1) is 10.3. The summed E-state index contributed by atoms with van der Waals surface area (Å²) in [6.45, 7) is 5.39. The van der Waals surface area contributed by atoms with Gasteiger partial charge in [0.05, 0.1) is 0 Å². The summed E-state index contributed by atoms with van der Waals surface area (Å²) >= 11 is 1.81. The van der Waals surface area contributed by atoms with Gasteiger partial charge in [-0.1, -0.05) is 32.0 Å². The Kier molecular flexibility index (Phi) is 4.42. The number of hydrogen-bond donors (Lipinski definition) is 1. The highest BCUT2D eigenvalue weighted by molar-refractivity contribution is 7.10. The molecule has 0 aliphatic rings. The molecule has 2 heterocycles. The van der Waals surface area contributed by atoms with Crippen molar-refractivity contribution in [2.45, 2.75) is 32.7 Å². The Morgan fingerprint density at radius 3 is 2.81 bits per heavy atom. The van der Waals surface area contributed by atoms with Crippen LogP contribution >= 0.6 is 11.3 Å². The molecule has 3 rings (SSSR count). The Bertz CT molecular complexity index is 680. The van der Waals surface area contributed by atoms with Gasteiger partial charge in [0.2, 0.25) is 0 Å². The number of benzene rings is 1. The van der Waals surface area contributed by atoms with E-state index in [2.05, 4.69) is 48.8 Å². The molecule has 0 fully saturated rings. The van der Waals surface area contributed by atoms with Crippen LogP contribution in [0.1, 0.15) is 42.5 Å². The number of fused-ring (bicyclic) bond motifs is 1. The fraction of sp³-hybridized carbons (Fsp3) is 0.333. The molecule has 3 aromatic rings. The van der Waals surface area contributed by atoms with Crippen LogP contribution in [-0.2, 0) is 6.42 Å². The molecule has 0 aliphatic carbocycles. The van der Waals surface area contributed by atoms with Crippen LogP contribution in [-0.4, -0.2) is 6.54 Å². The molecule has 1 aromatic carbocycles. The maximum Gasteiger partial charge on any atom is 0.134 e. The van der Waals surface area contributed by atoms with Crippen molar-refractivity contribution in [2.75, 3.05) is 6.54 Å². The van der Waals surface area contributed by atoms with Crippen molar-refractivity contribution >= 4 is 22.3 Å². The van der Waals surface area contributed by atoms with E-state index < -0.39 is 0 Å². The SMILES string of the molecule is CCCNC(c1cc2ccccc2o1)c1sccc1CC. The van der Waals surface area contributed by atoms with Gasteiger partial charge in [-0.25, -0.2) is 0 Å². The summed E-state index contributed by atoms with van der Waals surface area (Å²) in [6, 6.07) is 12.8. The van der Waals surface area contributed by atoms with Crippen LogP contribution in [0.2, 0.25) is 0 Å². The van der Waals surface area contributed by atoms with Gasteiger partial charge in [-0.2, -0.15) is 0 Å². The van der Waals surface area contributed by atoms with Crippen molar-refractivity contribution in [1.82, 2.24) is 5.32 Å². The van der Waals surface area contributed by atoms with Crippen molar-refractivity contribution in [3.8, 4) is 0 Å². The van der Waals surface area contributed by atoms with Gasteiger partial charge in [0.15, 0.2) is 0 Å². The lowest BCUT2D eigenvalue weighted by molar-refractivity contribution is 0.472. The minimum atomic E-state index is 0.160. The van der Waals surface area contributed by atoms with Gasteiger partial charge in [-0.05, 0) is 48.5 Å². The van der Waals surface area contributed by atoms with E-state index in [1.54, 1.807) is 0 Å². The zero-order valence-corrected chi connectivity index (χ0v) is 13.4. The molecule has 0 aliphatic heterocycles. The zero-order valence-electron chi connectivity index (χ0n) is 12.6. The molecule has 0 spiro atoms. The van der Waals surface area contributed by atoms with Crippen LogP contribution in [0.4, 0.5) is 0 Å². The van der Waals surface area contributed by atoms with Gasteiger partial charge in [0.1, 0.15) is 17.4 Å². The van der Waals surface area contributed by atoms with E-state index in [0.717, 1.165) is 30.7 Å². The normalized spacial score (nSPS) is 12.9. The van der Waals surface area contributed by atoms with Crippen LogP contribution in [0, 0.1) is 0 Å². The summed E-state index contributed by atoms with van der Waals surface area (Å²) in [5, 5.41) is 6.99. The summed E-state index contributed by atoms with van der Waals surface area (Å²) in [7, 11) is 0. The summed E-state index contributed by atoms with van der Waals surface area (Å²) in [5.41, 5.74) is 2.37. The fourth-order valence-electron chi connectivity index (χ4n) is 2.65. The van der Waals surface area contributed by atoms with Crippen molar-refractivity contribution in [3.63, 3.8) is 0 Å². The number of hydrogen-bond acceptors (Lipinski definition) is 3. The first-order valence-corrected chi connectivity index (χ1v) is 8.49. The van der Waals surface area contributed by atoms with Crippen LogP contribution < -0.4 is 5.32 Å². The molecule has 2 nitrogen and oxygen atoms in total. The molecule has 2 aromatic heterocycles. The molecular formula is C18H21NOS. The van der Waals surface area contributed by atoms with Gasteiger partial charge >= 0.3 is 0 Å². The molecule has 0 amide bonds. The molecule has 1 unspecified atom stereocenters. The lowest BCUT2D eigenvalue weighted by Gasteiger charge is -2.16. The predicted molar refractivity (Wildman–Crippen MR) is 90.0 cm³/mol. The quantitative estimate of drug-likeness (QED) is 0.681. The van der Waals surface area contributed by atoms with Gasteiger partial charge in [0, 0.05) is 10.3 Å². The molecule has 0 saturated heterocycles. The first kappa shape index (κ1) is 14.4. The number of nitrogens with one attached hydrogen (secondary N) is 1. The van der Waals surface area contributed by atoms with Crippen molar-refractivity contribution in [3.05, 3.63) is 58.0 Å². The van der Waals surface area contributed by atoms with Crippen LogP contribution in [0.5, 0.6) is 0 Å². The molecule has 0 saturated carbocycles. The van der Waals surface area contributed by atoms with Crippen LogP contribution in [0.25, 0.3) is 11.0 Å². The second-order valence-corrected chi connectivity index (χ2v) is 6.19. The Hall–Kier alpha value is -1.58. The number of aryl methyl sites for hydroxylation is 1. The molecule has 0 radical (unpaired) electrons. The number of rotatable bonds is 6. The Morgan fingerprint density at radius 1 is 1.19 bits per heavy atom. The van der Waals surface area contributed by atoms with Crippen LogP contribution in [0.15, 0.2) is 46.2 Å². The summed E-state index contributed by atoms with van der Waals surface area (Å²) in [4.78, 5) is 1.38. The van der Waals surface area contributed by atoms with E-state index in [-0.39, 0.29) is 6.04 Å². The highest BCUT2D eigenvalue weighted by atomic mass is 32.1. The minimum Gasteiger partial charge on any atom is -0.459 e. The highest BCUT2D eigenvalue weighted by Crippen LogP contribution is 2.33. The number of furan rings is 1. The summed E-state index contributed by atoms with van der Waals surface area (Å²) < 4.78 is 6.09. The largest absolute Gasteiger partial charge is 0.459 e. The maximum atomic E-state index is 6.09. The maximum absolute atomic E-state index is 6.09. The van der Waals surface area contributed by atoms with E-state index in [0.29, 0.717) is 0 Å². The van der Waals surface area contributed by atoms with Crippen LogP contribution in [0.3, 0.4) is 0 Å².